The van der Waals surface area contributed by atoms with Gasteiger partial charge in [-0.1, -0.05) is 12.1 Å². The van der Waals surface area contributed by atoms with Gasteiger partial charge in [-0.05, 0) is 62.7 Å². The average molecular weight is 464 g/mol. The molecular weight excluding hydrogens is 434 g/mol. The van der Waals surface area contributed by atoms with E-state index in [1.54, 1.807) is 18.2 Å². The highest BCUT2D eigenvalue weighted by atomic mass is 16.7. The van der Waals surface area contributed by atoms with Crippen molar-refractivity contribution in [2.75, 3.05) is 44.4 Å². The van der Waals surface area contributed by atoms with Crippen molar-refractivity contribution in [2.24, 2.45) is 0 Å². The number of hydrogen-bond donors (Lipinski definition) is 1. The summed E-state index contributed by atoms with van der Waals surface area (Å²) < 4.78 is 16.2. The molecule has 0 bridgehead atoms. The number of aryl methyl sites for hydroxylation is 1. The quantitative estimate of drug-likeness (QED) is 0.535. The summed E-state index contributed by atoms with van der Waals surface area (Å²) >= 11 is 0. The fourth-order valence-electron chi connectivity index (χ4n) is 4.47. The molecule has 1 atom stereocenters. The molecule has 1 fully saturated rings. The molecule has 9 heteroatoms. The largest absolute Gasteiger partial charge is 0.454 e. The van der Waals surface area contributed by atoms with Gasteiger partial charge in [-0.3, -0.25) is 9.69 Å². The van der Waals surface area contributed by atoms with Gasteiger partial charge in [-0.2, -0.15) is 0 Å². The first-order valence-electron chi connectivity index (χ1n) is 11.6. The van der Waals surface area contributed by atoms with Gasteiger partial charge in [-0.25, -0.2) is 0 Å². The molecule has 2 aliphatic rings. The number of carbonyl (C=O) groups excluding carboxylic acids is 1. The van der Waals surface area contributed by atoms with Gasteiger partial charge in [0.1, 0.15) is 0 Å². The Bertz CT molecular complexity index is 1160. The molecule has 2 aliphatic heterocycles. The Hall–Kier alpha value is -3.59. The van der Waals surface area contributed by atoms with E-state index in [2.05, 4.69) is 63.4 Å². The van der Waals surface area contributed by atoms with Crippen LogP contribution in [0.2, 0.25) is 0 Å². The molecular formula is C25H29N5O4. The zero-order valence-corrected chi connectivity index (χ0v) is 19.5. The fourth-order valence-corrected chi connectivity index (χ4v) is 4.47. The maximum Gasteiger partial charge on any atom is 0.308 e. The Balaban J connectivity index is 1.07. The summed E-state index contributed by atoms with van der Waals surface area (Å²) in [6, 6.07) is 14.5. The third-order valence-corrected chi connectivity index (χ3v) is 6.22. The van der Waals surface area contributed by atoms with Crippen LogP contribution in [0.15, 0.2) is 46.9 Å². The summed E-state index contributed by atoms with van der Waals surface area (Å²) in [5.41, 5.74) is 3.25. The average Bonchev–Trinajstić information content (AvgIpc) is 3.51. The van der Waals surface area contributed by atoms with Crippen molar-refractivity contribution in [3.8, 4) is 23.0 Å². The number of ether oxygens (including phenoxy) is 2. The van der Waals surface area contributed by atoms with Crippen LogP contribution in [0.3, 0.4) is 0 Å². The molecule has 1 saturated heterocycles. The smallest absolute Gasteiger partial charge is 0.308 e. The number of piperazine rings is 1. The summed E-state index contributed by atoms with van der Waals surface area (Å²) in [7, 11) is 0. The zero-order valence-electron chi connectivity index (χ0n) is 19.5. The first-order chi connectivity index (χ1) is 16.6. The number of carbonyl (C=O) groups is 1. The number of fused-ring (bicyclic) bond motifs is 1. The van der Waals surface area contributed by atoms with Gasteiger partial charge in [0.25, 0.3) is 0 Å². The summed E-state index contributed by atoms with van der Waals surface area (Å²) in [5.74, 6) is 1.15. The van der Waals surface area contributed by atoms with Crippen molar-refractivity contribution in [1.29, 1.82) is 0 Å². The van der Waals surface area contributed by atoms with E-state index in [1.165, 1.54) is 11.3 Å². The fraction of sp³-hybridized carbons (Fsp3) is 0.400. The maximum absolute atomic E-state index is 12.4. The van der Waals surface area contributed by atoms with E-state index in [-0.39, 0.29) is 24.5 Å². The molecule has 34 heavy (non-hydrogen) atoms. The van der Waals surface area contributed by atoms with Gasteiger partial charge in [0.05, 0.1) is 0 Å². The molecule has 3 heterocycles. The molecule has 1 amide bonds. The molecule has 0 aliphatic carbocycles. The van der Waals surface area contributed by atoms with Crippen molar-refractivity contribution >= 4 is 11.6 Å². The van der Waals surface area contributed by atoms with Crippen LogP contribution >= 0.6 is 0 Å². The molecule has 178 valence electrons. The monoisotopic (exact) mass is 463 g/mol. The highest BCUT2D eigenvalue weighted by Crippen LogP contribution is 2.35. The normalized spacial score (nSPS) is 17.7. The van der Waals surface area contributed by atoms with Gasteiger partial charge in [-0.15, -0.1) is 10.2 Å². The third-order valence-electron chi connectivity index (χ3n) is 6.22. The van der Waals surface area contributed by atoms with Crippen molar-refractivity contribution in [3.05, 3.63) is 53.9 Å². The van der Waals surface area contributed by atoms with Crippen LogP contribution in [0.5, 0.6) is 11.5 Å². The van der Waals surface area contributed by atoms with Crippen LogP contribution in [0.4, 0.5) is 5.69 Å². The van der Waals surface area contributed by atoms with Crippen LogP contribution in [-0.2, 0) is 0 Å². The maximum atomic E-state index is 12.4. The standard InChI is InChI=1S/C25H29N5O4/c1-17-5-3-6-20(13-17)30-12-11-29(15-18(30)2)10-4-9-26-23(31)25-28-27-24(34-25)19-7-8-21-22(14-19)33-16-32-21/h3,5-8,13-14,18H,4,9-12,15-16H2,1-2H3,(H,26,31). The first-order valence-corrected chi connectivity index (χ1v) is 11.6. The van der Waals surface area contributed by atoms with Crippen molar-refractivity contribution in [3.63, 3.8) is 0 Å². The van der Waals surface area contributed by atoms with Crippen LogP contribution < -0.4 is 19.7 Å². The predicted octanol–water partition coefficient (Wildman–Crippen LogP) is 3.10. The number of nitrogens with one attached hydrogen (secondary N) is 1. The van der Waals surface area contributed by atoms with Crippen LogP contribution in [-0.4, -0.2) is 66.6 Å². The number of hydrogen-bond acceptors (Lipinski definition) is 8. The van der Waals surface area contributed by atoms with Crippen LogP contribution in [0.1, 0.15) is 29.6 Å². The summed E-state index contributed by atoms with van der Waals surface area (Å²) in [6.07, 6.45) is 0.853. The van der Waals surface area contributed by atoms with Gasteiger partial charge in [0, 0.05) is 43.5 Å². The molecule has 0 saturated carbocycles. The lowest BCUT2D eigenvalue weighted by molar-refractivity contribution is 0.0917. The lowest BCUT2D eigenvalue weighted by Crippen LogP contribution is -2.52. The van der Waals surface area contributed by atoms with E-state index in [4.69, 9.17) is 13.9 Å². The Morgan fingerprint density at radius 1 is 1.12 bits per heavy atom. The summed E-state index contributed by atoms with van der Waals surface area (Å²) in [4.78, 5) is 17.4. The molecule has 0 radical (unpaired) electrons. The zero-order chi connectivity index (χ0) is 23.5. The molecule has 2 aromatic carbocycles. The van der Waals surface area contributed by atoms with Crippen molar-refractivity contribution in [2.45, 2.75) is 26.3 Å². The summed E-state index contributed by atoms with van der Waals surface area (Å²) in [5, 5.41) is 10.8. The molecule has 1 N–H and O–H groups in total. The second-order valence-corrected chi connectivity index (χ2v) is 8.77. The van der Waals surface area contributed by atoms with Crippen LogP contribution in [0, 0.1) is 6.92 Å². The SMILES string of the molecule is Cc1cccc(N2CCN(CCCNC(=O)c3nnc(-c4ccc5c(c4)OCO5)o3)CC2C)c1. The minimum atomic E-state index is -0.364. The number of benzene rings is 2. The number of nitrogens with zero attached hydrogens (tertiary/aromatic N) is 4. The second kappa shape index (κ2) is 9.72. The van der Waals surface area contributed by atoms with E-state index < -0.39 is 0 Å². The molecule has 1 unspecified atom stereocenters. The third kappa shape index (κ3) is 4.84. The number of anilines is 1. The van der Waals surface area contributed by atoms with Gasteiger partial charge < -0.3 is 24.1 Å². The number of aromatic nitrogens is 2. The van der Waals surface area contributed by atoms with Crippen LogP contribution in [0.25, 0.3) is 11.5 Å². The lowest BCUT2D eigenvalue weighted by Gasteiger charge is -2.41. The predicted molar refractivity (Wildman–Crippen MR) is 127 cm³/mol. The Morgan fingerprint density at radius 3 is 2.85 bits per heavy atom. The lowest BCUT2D eigenvalue weighted by atomic mass is 10.1. The molecule has 9 nitrogen and oxygen atoms in total. The van der Waals surface area contributed by atoms with E-state index in [9.17, 15) is 4.79 Å². The minimum Gasteiger partial charge on any atom is -0.454 e. The second-order valence-electron chi connectivity index (χ2n) is 8.77. The van der Waals surface area contributed by atoms with Crippen molar-refractivity contribution in [1.82, 2.24) is 20.4 Å². The minimum absolute atomic E-state index is 0.0481. The summed E-state index contributed by atoms with van der Waals surface area (Å²) in [6.45, 7) is 9.08. The van der Waals surface area contributed by atoms with E-state index in [0.29, 0.717) is 29.6 Å². The van der Waals surface area contributed by atoms with Gasteiger partial charge in [0.15, 0.2) is 11.5 Å². The first kappa shape index (κ1) is 22.2. The van der Waals surface area contributed by atoms with Gasteiger partial charge in [0.2, 0.25) is 12.7 Å². The highest BCUT2D eigenvalue weighted by Gasteiger charge is 2.24. The molecule has 3 aromatic rings. The van der Waals surface area contributed by atoms with Crippen molar-refractivity contribution < 1.29 is 18.7 Å². The molecule has 5 rings (SSSR count). The van der Waals surface area contributed by atoms with E-state index in [0.717, 1.165) is 32.6 Å². The van der Waals surface area contributed by atoms with E-state index >= 15 is 0 Å². The number of amides is 1. The highest BCUT2D eigenvalue weighted by molar-refractivity contribution is 5.89. The topological polar surface area (TPSA) is 93.0 Å². The van der Waals surface area contributed by atoms with Gasteiger partial charge >= 0.3 is 11.8 Å². The molecule has 1 aromatic heterocycles. The molecule has 0 spiro atoms. The Labute approximate surface area is 198 Å². The number of rotatable bonds is 7. The van der Waals surface area contributed by atoms with E-state index in [1.807, 2.05) is 0 Å². The Kier molecular flexibility index (Phi) is 6.35. The Morgan fingerprint density at radius 2 is 2.00 bits per heavy atom.